The minimum Gasteiger partial charge on any atom is -0.388 e. The fourth-order valence-electron chi connectivity index (χ4n) is 1.95. The van der Waals surface area contributed by atoms with Crippen LogP contribution in [-0.4, -0.2) is 10.1 Å². The van der Waals surface area contributed by atoms with Gasteiger partial charge in [0.15, 0.2) is 0 Å². The fourth-order valence-corrected chi connectivity index (χ4v) is 1.95. The molecule has 1 atom stereocenters. The summed E-state index contributed by atoms with van der Waals surface area (Å²) in [5.41, 5.74) is 2.68. The van der Waals surface area contributed by atoms with E-state index in [2.05, 4.69) is 4.98 Å². The predicted octanol–water partition coefficient (Wildman–Crippen LogP) is 3.11. The number of aromatic nitrogens is 1. The van der Waals surface area contributed by atoms with Gasteiger partial charge in [-0.2, -0.15) is 0 Å². The zero-order chi connectivity index (χ0) is 13.1. The number of pyridine rings is 1. The third-order valence-corrected chi connectivity index (χ3v) is 3.09. The number of hydrogen-bond donors (Lipinski definition) is 1. The van der Waals surface area contributed by atoms with Crippen LogP contribution in [-0.2, 0) is 6.42 Å². The van der Waals surface area contributed by atoms with Gasteiger partial charge in [0.1, 0.15) is 5.82 Å². The maximum Gasteiger partial charge on any atom is 0.131 e. The van der Waals surface area contributed by atoms with E-state index in [0.717, 1.165) is 11.3 Å². The first-order chi connectivity index (χ1) is 8.59. The third-order valence-electron chi connectivity index (χ3n) is 3.09. The Morgan fingerprint density at radius 3 is 2.61 bits per heavy atom. The highest BCUT2D eigenvalue weighted by atomic mass is 19.1. The number of aryl methyl sites for hydroxylation is 2. The molecule has 94 valence electrons. The molecule has 0 saturated heterocycles. The normalized spacial score (nSPS) is 12.4. The molecule has 0 saturated carbocycles. The minimum atomic E-state index is -0.862. The molecule has 3 heteroatoms. The van der Waals surface area contributed by atoms with Gasteiger partial charge in [0.25, 0.3) is 0 Å². The van der Waals surface area contributed by atoms with Crippen LogP contribution in [0.4, 0.5) is 4.39 Å². The molecule has 2 aromatic rings. The molecule has 0 amide bonds. The number of rotatable bonds is 3. The quantitative estimate of drug-likeness (QED) is 0.901. The van der Waals surface area contributed by atoms with Crippen LogP contribution < -0.4 is 0 Å². The smallest absolute Gasteiger partial charge is 0.131 e. The van der Waals surface area contributed by atoms with Crippen LogP contribution in [0.15, 0.2) is 36.5 Å². The molecule has 1 aromatic carbocycles. The van der Waals surface area contributed by atoms with Gasteiger partial charge in [-0.1, -0.05) is 24.3 Å². The Balaban J connectivity index is 2.25. The Morgan fingerprint density at radius 1 is 1.17 bits per heavy atom. The average molecular weight is 245 g/mol. The van der Waals surface area contributed by atoms with Crippen molar-refractivity contribution in [1.82, 2.24) is 4.98 Å². The lowest BCUT2D eigenvalue weighted by Gasteiger charge is -2.13. The van der Waals surface area contributed by atoms with E-state index in [9.17, 15) is 9.50 Å². The van der Waals surface area contributed by atoms with Crippen molar-refractivity contribution in [1.29, 1.82) is 0 Å². The maximum absolute atomic E-state index is 13.9. The first-order valence-electron chi connectivity index (χ1n) is 5.93. The van der Waals surface area contributed by atoms with Crippen molar-refractivity contribution < 1.29 is 9.50 Å². The van der Waals surface area contributed by atoms with E-state index >= 15 is 0 Å². The molecule has 1 heterocycles. The molecule has 0 spiro atoms. The molecule has 1 N–H and O–H groups in total. The van der Waals surface area contributed by atoms with E-state index in [4.69, 9.17) is 0 Å². The summed E-state index contributed by atoms with van der Waals surface area (Å²) in [6.45, 7) is 3.62. The number of halogens is 1. The molecule has 0 bridgehead atoms. The van der Waals surface area contributed by atoms with Gasteiger partial charge >= 0.3 is 0 Å². The van der Waals surface area contributed by atoms with Gasteiger partial charge in [0.05, 0.1) is 6.10 Å². The Morgan fingerprint density at radius 2 is 1.89 bits per heavy atom. The molecule has 2 nitrogen and oxygen atoms in total. The van der Waals surface area contributed by atoms with Crippen molar-refractivity contribution >= 4 is 0 Å². The summed E-state index contributed by atoms with van der Waals surface area (Å²) in [4.78, 5) is 4.21. The van der Waals surface area contributed by atoms with Crippen LogP contribution >= 0.6 is 0 Å². The van der Waals surface area contributed by atoms with Crippen LogP contribution in [0.5, 0.6) is 0 Å². The number of aliphatic hydroxyl groups excluding tert-OH is 1. The zero-order valence-electron chi connectivity index (χ0n) is 10.5. The summed E-state index contributed by atoms with van der Waals surface area (Å²) in [5, 5.41) is 10.1. The number of hydrogen-bond acceptors (Lipinski definition) is 2. The van der Waals surface area contributed by atoms with E-state index in [1.807, 2.05) is 19.1 Å². The molecule has 1 aromatic heterocycles. The molecule has 0 aliphatic carbocycles. The summed E-state index contributed by atoms with van der Waals surface area (Å²) in [6, 6.07) is 8.84. The molecule has 0 aliphatic rings. The highest BCUT2D eigenvalue weighted by Crippen LogP contribution is 2.23. The van der Waals surface area contributed by atoms with E-state index in [1.165, 1.54) is 0 Å². The highest BCUT2D eigenvalue weighted by molar-refractivity contribution is 5.28. The van der Waals surface area contributed by atoms with Crippen molar-refractivity contribution in [3.63, 3.8) is 0 Å². The monoisotopic (exact) mass is 245 g/mol. The lowest BCUT2D eigenvalue weighted by Crippen LogP contribution is -2.07. The molecule has 0 aliphatic heterocycles. The topological polar surface area (TPSA) is 33.1 Å². The predicted molar refractivity (Wildman–Crippen MR) is 68.8 cm³/mol. The van der Waals surface area contributed by atoms with Gasteiger partial charge in [0.2, 0.25) is 0 Å². The van der Waals surface area contributed by atoms with E-state index in [-0.39, 0.29) is 5.82 Å². The van der Waals surface area contributed by atoms with Gasteiger partial charge in [-0.05, 0) is 31.0 Å². The second-order valence-electron chi connectivity index (χ2n) is 4.47. The fraction of sp³-hybridized carbons (Fsp3) is 0.267. The Kier molecular flexibility index (Phi) is 3.72. The first kappa shape index (κ1) is 12.7. The molecule has 18 heavy (non-hydrogen) atoms. The standard InChI is InChI=1S/C15H16FNO/c1-10-6-4-8-17-13(10)9-14(18)12-7-3-5-11(2)15(12)16/h3-8,14,18H,9H2,1-2H3. The van der Waals surface area contributed by atoms with Crippen molar-refractivity contribution in [2.75, 3.05) is 0 Å². The Bertz CT molecular complexity index is 554. The summed E-state index contributed by atoms with van der Waals surface area (Å²) in [5.74, 6) is -0.335. The zero-order valence-corrected chi connectivity index (χ0v) is 10.5. The summed E-state index contributed by atoms with van der Waals surface area (Å²) in [6.07, 6.45) is 1.15. The Hall–Kier alpha value is -1.74. The molecule has 0 fully saturated rings. The Labute approximate surface area is 106 Å². The van der Waals surface area contributed by atoms with Crippen LogP contribution in [0.3, 0.4) is 0 Å². The summed E-state index contributed by atoms with van der Waals surface area (Å²) >= 11 is 0. The molecular weight excluding hydrogens is 229 g/mol. The van der Waals surface area contributed by atoms with Gasteiger partial charge in [-0.15, -0.1) is 0 Å². The summed E-state index contributed by atoms with van der Waals surface area (Å²) in [7, 11) is 0. The lowest BCUT2D eigenvalue weighted by molar-refractivity contribution is 0.172. The molecule has 1 unspecified atom stereocenters. The average Bonchev–Trinajstić information content (AvgIpc) is 2.35. The second-order valence-corrected chi connectivity index (χ2v) is 4.47. The van der Waals surface area contributed by atoms with Gasteiger partial charge < -0.3 is 5.11 Å². The van der Waals surface area contributed by atoms with E-state index in [1.54, 1.807) is 31.3 Å². The lowest BCUT2D eigenvalue weighted by atomic mass is 10.00. The first-order valence-corrected chi connectivity index (χ1v) is 5.93. The largest absolute Gasteiger partial charge is 0.388 e. The van der Waals surface area contributed by atoms with Gasteiger partial charge in [-0.3, -0.25) is 4.98 Å². The highest BCUT2D eigenvalue weighted by Gasteiger charge is 2.16. The van der Waals surface area contributed by atoms with Crippen LogP contribution in [0.25, 0.3) is 0 Å². The molecule has 2 rings (SSSR count). The SMILES string of the molecule is Cc1cccnc1CC(O)c1cccc(C)c1F. The minimum absolute atomic E-state index is 0.326. The third kappa shape index (κ3) is 2.57. The summed E-state index contributed by atoms with van der Waals surface area (Å²) < 4.78 is 13.9. The number of nitrogens with zero attached hydrogens (tertiary/aromatic N) is 1. The van der Waals surface area contributed by atoms with Crippen LogP contribution in [0, 0.1) is 19.7 Å². The van der Waals surface area contributed by atoms with Gasteiger partial charge in [0, 0.05) is 23.9 Å². The van der Waals surface area contributed by atoms with Gasteiger partial charge in [-0.25, -0.2) is 4.39 Å². The second kappa shape index (κ2) is 5.27. The van der Waals surface area contributed by atoms with Crippen LogP contribution in [0.1, 0.15) is 28.5 Å². The number of benzene rings is 1. The van der Waals surface area contributed by atoms with E-state index in [0.29, 0.717) is 17.5 Å². The van der Waals surface area contributed by atoms with Crippen molar-refractivity contribution in [2.24, 2.45) is 0 Å². The van der Waals surface area contributed by atoms with E-state index < -0.39 is 6.10 Å². The molecular formula is C15H16FNO. The molecule has 0 radical (unpaired) electrons. The maximum atomic E-state index is 13.9. The van der Waals surface area contributed by atoms with Crippen LogP contribution in [0.2, 0.25) is 0 Å². The van der Waals surface area contributed by atoms with Crippen molar-refractivity contribution in [2.45, 2.75) is 26.4 Å². The van der Waals surface area contributed by atoms with Crippen molar-refractivity contribution in [3.05, 3.63) is 64.7 Å². The number of aliphatic hydroxyl groups is 1. The van der Waals surface area contributed by atoms with Crippen molar-refractivity contribution in [3.8, 4) is 0 Å².